The fourth-order valence-corrected chi connectivity index (χ4v) is 1.89. The summed E-state index contributed by atoms with van der Waals surface area (Å²) in [5.74, 6) is 0.957. The Labute approximate surface area is 86.9 Å². The minimum Gasteiger partial charge on any atom is -0.329 e. The third kappa shape index (κ3) is 3.29. The molecule has 0 spiro atoms. The lowest BCUT2D eigenvalue weighted by Crippen LogP contribution is -2.31. The van der Waals surface area contributed by atoms with Crippen LogP contribution in [0, 0.1) is 5.92 Å². The normalized spacial score (nSPS) is 19.0. The first-order valence-corrected chi connectivity index (χ1v) is 5.76. The summed E-state index contributed by atoms with van der Waals surface area (Å²) in [4.78, 5) is 13.3. The van der Waals surface area contributed by atoms with Crippen molar-refractivity contribution in [2.24, 2.45) is 5.92 Å². The molecule has 1 N–H and O–H groups in total. The maximum atomic E-state index is 11.4. The number of carbonyl (C=O) groups is 1. The van der Waals surface area contributed by atoms with Crippen molar-refractivity contribution in [1.29, 1.82) is 0 Å². The van der Waals surface area contributed by atoms with E-state index in [2.05, 4.69) is 19.2 Å². The molecule has 1 aliphatic heterocycles. The molecule has 0 radical (unpaired) electrons. The monoisotopic (exact) mass is 198 g/mol. The molecule has 0 aliphatic carbocycles. The van der Waals surface area contributed by atoms with Gasteiger partial charge in [-0.3, -0.25) is 10.1 Å². The second-order valence-corrected chi connectivity index (χ2v) is 4.12. The quantitative estimate of drug-likeness (QED) is 0.703. The minimum absolute atomic E-state index is 0.264. The molecule has 1 amide bonds. The third-order valence-corrected chi connectivity index (χ3v) is 2.95. The summed E-state index contributed by atoms with van der Waals surface area (Å²) in [6.07, 6.45) is 4.98. The van der Waals surface area contributed by atoms with Crippen molar-refractivity contribution >= 4 is 5.91 Å². The van der Waals surface area contributed by atoms with E-state index in [-0.39, 0.29) is 5.91 Å². The van der Waals surface area contributed by atoms with Crippen LogP contribution in [-0.2, 0) is 4.79 Å². The first-order valence-electron chi connectivity index (χ1n) is 5.76. The number of rotatable bonds is 6. The van der Waals surface area contributed by atoms with E-state index in [0.717, 1.165) is 13.2 Å². The molecule has 1 rings (SSSR count). The van der Waals surface area contributed by atoms with Crippen LogP contribution in [0.25, 0.3) is 0 Å². The molecule has 1 aliphatic rings. The molecule has 82 valence electrons. The molecule has 0 bridgehead atoms. The van der Waals surface area contributed by atoms with Gasteiger partial charge in [0.2, 0.25) is 5.91 Å². The molecule has 1 unspecified atom stereocenters. The van der Waals surface area contributed by atoms with Crippen molar-refractivity contribution < 1.29 is 4.79 Å². The number of nitrogens with one attached hydrogen (secondary N) is 1. The van der Waals surface area contributed by atoms with Gasteiger partial charge in [-0.1, -0.05) is 33.1 Å². The molecule has 0 aromatic rings. The fraction of sp³-hybridized carbons (Fsp3) is 0.909. The van der Waals surface area contributed by atoms with Crippen molar-refractivity contribution in [3.05, 3.63) is 0 Å². The van der Waals surface area contributed by atoms with Gasteiger partial charge in [0.25, 0.3) is 0 Å². The van der Waals surface area contributed by atoms with E-state index in [0.29, 0.717) is 12.5 Å². The highest BCUT2D eigenvalue weighted by atomic mass is 16.2. The number of hydrogen-bond donors (Lipinski definition) is 1. The van der Waals surface area contributed by atoms with Gasteiger partial charge in [-0.15, -0.1) is 0 Å². The lowest BCUT2D eigenvalue weighted by molar-refractivity contribution is -0.127. The van der Waals surface area contributed by atoms with Crippen molar-refractivity contribution in [3.8, 4) is 0 Å². The van der Waals surface area contributed by atoms with Gasteiger partial charge in [0, 0.05) is 6.54 Å². The SMILES string of the molecule is CCCCC(CC)CN1CNCC1=O. The molecular formula is C11H22N2O. The first kappa shape index (κ1) is 11.5. The first-order chi connectivity index (χ1) is 6.77. The Bertz CT molecular complexity index is 182. The van der Waals surface area contributed by atoms with Crippen molar-refractivity contribution in [1.82, 2.24) is 10.2 Å². The summed E-state index contributed by atoms with van der Waals surface area (Å²) < 4.78 is 0. The zero-order valence-corrected chi connectivity index (χ0v) is 9.38. The molecule has 1 fully saturated rings. The summed E-state index contributed by atoms with van der Waals surface area (Å²) in [6.45, 7) is 6.66. The van der Waals surface area contributed by atoms with E-state index in [1.807, 2.05) is 4.90 Å². The molecule has 0 aromatic carbocycles. The Morgan fingerprint density at radius 3 is 2.79 bits per heavy atom. The zero-order valence-electron chi connectivity index (χ0n) is 9.38. The van der Waals surface area contributed by atoms with Crippen LogP contribution in [0.15, 0.2) is 0 Å². The Hall–Kier alpha value is -0.570. The predicted molar refractivity (Wildman–Crippen MR) is 57.9 cm³/mol. The van der Waals surface area contributed by atoms with Crippen LogP contribution in [0.4, 0.5) is 0 Å². The average molecular weight is 198 g/mol. The van der Waals surface area contributed by atoms with Crippen molar-refractivity contribution in [2.45, 2.75) is 39.5 Å². The van der Waals surface area contributed by atoms with Gasteiger partial charge in [0.15, 0.2) is 0 Å². The van der Waals surface area contributed by atoms with Crippen LogP contribution in [-0.4, -0.2) is 30.6 Å². The third-order valence-electron chi connectivity index (χ3n) is 2.95. The maximum absolute atomic E-state index is 11.4. The highest BCUT2D eigenvalue weighted by Crippen LogP contribution is 2.14. The van der Waals surface area contributed by atoms with Gasteiger partial charge in [-0.05, 0) is 12.3 Å². The minimum atomic E-state index is 0.264. The molecule has 1 heterocycles. The largest absolute Gasteiger partial charge is 0.329 e. The standard InChI is InChI=1S/C11H22N2O/c1-3-5-6-10(4-2)8-13-9-12-7-11(13)14/h10,12H,3-9H2,1-2H3. The van der Waals surface area contributed by atoms with Crippen molar-refractivity contribution in [2.75, 3.05) is 19.8 Å². The smallest absolute Gasteiger partial charge is 0.237 e. The number of carbonyl (C=O) groups excluding carboxylic acids is 1. The van der Waals surface area contributed by atoms with Gasteiger partial charge in [0.05, 0.1) is 13.2 Å². The summed E-state index contributed by atoms with van der Waals surface area (Å²) in [7, 11) is 0. The van der Waals surface area contributed by atoms with Crippen molar-refractivity contribution in [3.63, 3.8) is 0 Å². The van der Waals surface area contributed by atoms with Crippen LogP contribution in [0.5, 0.6) is 0 Å². The Balaban J connectivity index is 2.28. The Morgan fingerprint density at radius 2 is 2.29 bits per heavy atom. The van der Waals surface area contributed by atoms with Crippen LogP contribution in [0.1, 0.15) is 39.5 Å². The molecule has 1 saturated heterocycles. The van der Waals surface area contributed by atoms with E-state index in [1.165, 1.54) is 25.7 Å². The van der Waals surface area contributed by atoms with E-state index in [1.54, 1.807) is 0 Å². The number of amides is 1. The van der Waals surface area contributed by atoms with Gasteiger partial charge in [-0.2, -0.15) is 0 Å². The fourth-order valence-electron chi connectivity index (χ4n) is 1.89. The molecule has 3 heteroatoms. The summed E-state index contributed by atoms with van der Waals surface area (Å²) >= 11 is 0. The summed E-state index contributed by atoms with van der Waals surface area (Å²) in [5, 5.41) is 3.08. The topological polar surface area (TPSA) is 32.3 Å². The maximum Gasteiger partial charge on any atom is 0.237 e. The second-order valence-electron chi connectivity index (χ2n) is 4.12. The molecule has 0 saturated carbocycles. The van der Waals surface area contributed by atoms with Gasteiger partial charge in [-0.25, -0.2) is 0 Å². The number of nitrogens with zero attached hydrogens (tertiary/aromatic N) is 1. The van der Waals surface area contributed by atoms with Crippen LogP contribution < -0.4 is 5.32 Å². The average Bonchev–Trinajstić information content (AvgIpc) is 2.59. The Morgan fingerprint density at radius 1 is 1.50 bits per heavy atom. The molecular weight excluding hydrogens is 176 g/mol. The van der Waals surface area contributed by atoms with Crippen LogP contribution in [0.2, 0.25) is 0 Å². The predicted octanol–water partition coefficient (Wildman–Crippen LogP) is 1.59. The number of unbranched alkanes of at least 4 members (excludes halogenated alkanes) is 1. The summed E-state index contributed by atoms with van der Waals surface area (Å²) in [6, 6.07) is 0. The molecule has 1 atom stereocenters. The van der Waals surface area contributed by atoms with E-state index in [9.17, 15) is 4.79 Å². The number of hydrogen-bond acceptors (Lipinski definition) is 2. The van der Waals surface area contributed by atoms with Crippen LogP contribution >= 0.6 is 0 Å². The van der Waals surface area contributed by atoms with Gasteiger partial charge in [0.1, 0.15) is 0 Å². The highest BCUT2D eigenvalue weighted by molar-refractivity contribution is 5.79. The molecule has 0 aromatic heterocycles. The summed E-state index contributed by atoms with van der Waals surface area (Å²) in [5.41, 5.74) is 0. The van der Waals surface area contributed by atoms with E-state index in [4.69, 9.17) is 0 Å². The van der Waals surface area contributed by atoms with Gasteiger partial charge >= 0.3 is 0 Å². The Kier molecular flexibility index (Phi) is 4.94. The van der Waals surface area contributed by atoms with E-state index >= 15 is 0 Å². The van der Waals surface area contributed by atoms with E-state index < -0.39 is 0 Å². The highest BCUT2D eigenvalue weighted by Gasteiger charge is 2.21. The molecule has 3 nitrogen and oxygen atoms in total. The zero-order chi connectivity index (χ0) is 10.4. The molecule has 14 heavy (non-hydrogen) atoms. The lowest BCUT2D eigenvalue weighted by atomic mass is 9.99. The van der Waals surface area contributed by atoms with Crippen LogP contribution in [0.3, 0.4) is 0 Å². The van der Waals surface area contributed by atoms with Gasteiger partial charge < -0.3 is 4.90 Å². The second kappa shape index (κ2) is 6.02. The lowest BCUT2D eigenvalue weighted by Gasteiger charge is -2.21.